The highest BCUT2D eigenvalue weighted by atomic mass is 32.1. The predicted molar refractivity (Wildman–Crippen MR) is 117 cm³/mol. The van der Waals surface area contributed by atoms with Gasteiger partial charge in [0, 0.05) is 12.8 Å². The highest BCUT2D eigenvalue weighted by Gasteiger charge is 2.26. The average molecular weight is 425 g/mol. The largest absolute Gasteiger partial charge is 0.493 e. The van der Waals surface area contributed by atoms with Gasteiger partial charge in [-0.3, -0.25) is 0 Å². The second kappa shape index (κ2) is 7.85. The lowest BCUT2D eigenvalue weighted by Crippen LogP contribution is -3.11. The standard InChI is InChI=1S/C22H25N5O2S/c1-4-8-26-9-7-15-18(12-26)30-22-20(15)21-24-19(25-27(21)13-23-22)11-14-5-6-16(28-2)17(10-14)29-3/h5-6,10,13H,4,7-9,11-12H2,1-3H3/p+1. The van der Waals surface area contributed by atoms with Crippen molar-refractivity contribution in [2.45, 2.75) is 32.7 Å². The van der Waals surface area contributed by atoms with Crippen molar-refractivity contribution in [1.29, 1.82) is 0 Å². The van der Waals surface area contributed by atoms with Crippen LogP contribution in [0.15, 0.2) is 24.5 Å². The minimum Gasteiger partial charge on any atom is -0.493 e. The Bertz CT molecular complexity index is 1220. The van der Waals surface area contributed by atoms with Crippen molar-refractivity contribution in [2.75, 3.05) is 27.3 Å². The molecule has 1 aliphatic rings. The molecule has 0 spiro atoms. The number of thiophene rings is 1. The molecule has 0 saturated heterocycles. The first-order valence-corrected chi connectivity index (χ1v) is 11.2. The Labute approximate surface area is 179 Å². The third kappa shape index (κ3) is 3.30. The fraction of sp³-hybridized carbons (Fsp3) is 0.409. The summed E-state index contributed by atoms with van der Waals surface area (Å²) < 4.78 is 12.6. The molecule has 4 heterocycles. The van der Waals surface area contributed by atoms with Crippen LogP contribution in [0.4, 0.5) is 0 Å². The summed E-state index contributed by atoms with van der Waals surface area (Å²) in [5, 5.41) is 5.89. The van der Waals surface area contributed by atoms with Crippen LogP contribution in [-0.2, 0) is 19.4 Å². The zero-order valence-electron chi connectivity index (χ0n) is 17.6. The minimum atomic E-state index is 0.629. The number of ether oxygens (including phenoxy) is 2. The molecule has 0 amide bonds. The first-order valence-electron chi connectivity index (χ1n) is 10.4. The van der Waals surface area contributed by atoms with E-state index in [9.17, 15) is 0 Å². The van der Waals surface area contributed by atoms with Crippen LogP contribution < -0.4 is 14.4 Å². The molecule has 5 rings (SSSR count). The normalized spacial score (nSPS) is 16.2. The van der Waals surface area contributed by atoms with Crippen molar-refractivity contribution >= 4 is 27.2 Å². The molecule has 30 heavy (non-hydrogen) atoms. The van der Waals surface area contributed by atoms with Crippen molar-refractivity contribution in [3.05, 3.63) is 46.4 Å². The van der Waals surface area contributed by atoms with E-state index in [-0.39, 0.29) is 0 Å². The number of fused-ring (bicyclic) bond motifs is 5. The second-order valence-electron chi connectivity index (χ2n) is 7.77. The maximum Gasteiger partial charge on any atom is 0.167 e. The van der Waals surface area contributed by atoms with Crippen molar-refractivity contribution in [3.63, 3.8) is 0 Å². The minimum absolute atomic E-state index is 0.629. The Balaban J connectivity index is 1.51. The third-order valence-corrected chi connectivity index (χ3v) is 6.95. The summed E-state index contributed by atoms with van der Waals surface area (Å²) in [6.07, 6.45) is 4.73. The van der Waals surface area contributed by atoms with Gasteiger partial charge in [0.2, 0.25) is 0 Å². The number of quaternary nitrogens is 1. The fourth-order valence-corrected chi connectivity index (χ4v) is 5.64. The van der Waals surface area contributed by atoms with Crippen molar-refractivity contribution in [1.82, 2.24) is 19.6 Å². The molecule has 7 nitrogen and oxygen atoms in total. The lowest BCUT2D eigenvalue weighted by atomic mass is 10.1. The van der Waals surface area contributed by atoms with E-state index in [1.54, 1.807) is 25.4 Å². The Kier molecular flexibility index (Phi) is 5.04. The van der Waals surface area contributed by atoms with Crippen LogP contribution in [0.25, 0.3) is 15.9 Å². The van der Waals surface area contributed by atoms with Gasteiger partial charge in [0.05, 0.1) is 37.6 Å². The zero-order valence-corrected chi connectivity index (χ0v) is 18.4. The topological polar surface area (TPSA) is 66.0 Å². The van der Waals surface area contributed by atoms with Crippen LogP contribution in [0.2, 0.25) is 0 Å². The van der Waals surface area contributed by atoms with E-state index >= 15 is 0 Å². The molecule has 1 atom stereocenters. The van der Waals surface area contributed by atoms with Gasteiger partial charge in [-0.15, -0.1) is 16.4 Å². The molecule has 3 aromatic heterocycles. The monoisotopic (exact) mass is 424 g/mol. The van der Waals surface area contributed by atoms with E-state index in [2.05, 4.69) is 11.9 Å². The maximum atomic E-state index is 5.43. The summed E-state index contributed by atoms with van der Waals surface area (Å²) in [6.45, 7) is 5.77. The van der Waals surface area contributed by atoms with Crippen molar-refractivity contribution < 1.29 is 14.4 Å². The molecule has 1 aromatic carbocycles. The van der Waals surface area contributed by atoms with Crippen LogP contribution in [0.3, 0.4) is 0 Å². The quantitative estimate of drug-likeness (QED) is 0.515. The number of nitrogens with zero attached hydrogens (tertiary/aromatic N) is 4. The predicted octanol–water partition coefficient (Wildman–Crippen LogP) is 2.30. The average Bonchev–Trinajstić information content (AvgIpc) is 3.33. The molecule has 1 N–H and O–H groups in total. The van der Waals surface area contributed by atoms with Crippen LogP contribution in [0, 0.1) is 0 Å². The highest BCUT2D eigenvalue weighted by Crippen LogP contribution is 2.33. The van der Waals surface area contributed by atoms with Crippen LogP contribution in [0.1, 0.15) is 35.2 Å². The number of aromatic nitrogens is 4. The Morgan fingerprint density at radius 2 is 2.07 bits per heavy atom. The molecular weight excluding hydrogens is 398 g/mol. The van der Waals surface area contributed by atoms with E-state index in [1.807, 2.05) is 34.1 Å². The van der Waals surface area contributed by atoms with Gasteiger partial charge in [0.1, 0.15) is 17.7 Å². The summed E-state index contributed by atoms with van der Waals surface area (Å²) in [4.78, 5) is 13.8. The molecule has 4 aromatic rings. The van der Waals surface area contributed by atoms with Gasteiger partial charge in [-0.1, -0.05) is 13.0 Å². The number of rotatable bonds is 6. The summed E-state index contributed by atoms with van der Waals surface area (Å²) in [5.74, 6) is 2.22. The van der Waals surface area contributed by atoms with E-state index in [4.69, 9.17) is 19.6 Å². The number of hydrogen-bond donors (Lipinski definition) is 1. The number of nitrogens with one attached hydrogen (secondary N) is 1. The van der Waals surface area contributed by atoms with E-state index in [0.29, 0.717) is 12.2 Å². The van der Waals surface area contributed by atoms with Gasteiger partial charge < -0.3 is 14.4 Å². The lowest BCUT2D eigenvalue weighted by molar-refractivity contribution is -0.915. The Morgan fingerprint density at radius 1 is 1.20 bits per heavy atom. The molecule has 0 saturated carbocycles. The van der Waals surface area contributed by atoms with Crippen LogP contribution in [-0.4, -0.2) is 46.9 Å². The van der Waals surface area contributed by atoms with Crippen LogP contribution in [0.5, 0.6) is 11.5 Å². The summed E-state index contributed by atoms with van der Waals surface area (Å²) >= 11 is 1.82. The number of methoxy groups -OCH3 is 2. The summed E-state index contributed by atoms with van der Waals surface area (Å²) in [7, 11) is 3.29. The molecule has 156 valence electrons. The number of hydrogen-bond acceptors (Lipinski definition) is 6. The van der Waals surface area contributed by atoms with E-state index in [1.165, 1.54) is 35.3 Å². The molecule has 0 fully saturated rings. The smallest absolute Gasteiger partial charge is 0.167 e. The van der Waals surface area contributed by atoms with Gasteiger partial charge in [0.25, 0.3) is 0 Å². The number of benzene rings is 1. The lowest BCUT2D eigenvalue weighted by Gasteiger charge is -2.23. The zero-order chi connectivity index (χ0) is 20.7. The molecule has 8 heteroatoms. The fourth-order valence-electron chi connectivity index (χ4n) is 4.38. The van der Waals surface area contributed by atoms with Gasteiger partial charge in [-0.2, -0.15) is 0 Å². The summed E-state index contributed by atoms with van der Waals surface area (Å²) in [6, 6.07) is 5.93. The van der Waals surface area contributed by atoms with Crippen LogP contribution >= 0.6 is 11.3 Å². The maximum absolute atomic E-state index is 5.43. The molecular formula is C22H26N5O2S+. The molecule has 0 radical (unpaired) electrons. The van der Waals surface area contributed by atoms with Gasteiger partial charge >= 0.3 is 0 Å². The Hall–Kier alpha value is -2.71. The van der Waals surface area contributed by atoms with E-state index < -0.39 is 0 Å². The highest BCUT2D eigenvalue weighted by molar-refractivity contribution is 7.19. The molecule has 1 unspecified atom stereocenters. The van der Waals surface area contributed by atoms with Gasteiger partial charge in [-0.25, -0.2) is 14.5 Å². The molecule has 0 bridgehead atoms. The molecule has 0 aliphatic carbocycles. The van der Waals surface area contributed by atoms with Crippen molar-refractivity contribution in [3.8, 4) is 11.5 Å². The summed E-state index contributed by atoms with van der Waals surface area (Å²) in [5.41, 5.74) is 3.43. The SMILES string of the molecule is CCC[NH+]1CCc2c(sc3ncn4nc(Cc5ccc(OC)c(OC)c5)nc4c23)C1. The second-order valence-corrected chi connectivity index (χ2v) is 8.85. The first kappa shape index (κ1) is 19.3. The van der Waals surface area contributed by atoms with E-state index in [0.717, 1.165) is 40.6 Å². The molecule has 1 aliphatic heterocycles. The Morgan fingerprint density at radius 3 is 2.87 bits per heavy atom. The van der Waals surface area contributed by atoms with Crippen molar-refractivity contribution in [2.24, 2.45) is 0 Å². The van der Waals surface area contributed by atoms with Gasteiger partial charge in [0.15, 0.2) is 23.0 Å². The first-order chi connectivity index (χ1) is 14.7. The van der Waals surface area contributed by atoms with Gasteiger partial charge in [-0.05, 0) is 29.7 Å². The third-order valence-electron chi connectivity index (χ3n) is 5.81.